The van der Waals surface area contributed by atoms with Gasteiger partial charge in [0.25, 0.3) is 0 Å². The summed E-state index contributed by atoms with van der Waals surface area (Å²) in [5.41, 5.74) is 1.67. The van der Waals surface area contributed by atoms with Gasteiger partial charge in [-0.3, -0.25) is 5.41 Å². The molecule has 0 saturated heterocycles. The van der Waals surface area contributed by atoms with Crippen LogP contribution >= 0.6 is 11.3 Å². The predicted molar refractivity (Wildman–Crippen MR) is 73.1 cm³/mol. The SMILES string of the molecule is CCc1csc(C2=C(O)CN(CC3CC3)C2=N)n1. The quantitative estimate of drug-likeness (QED) is 0.878. The smallest absolute Gasteiger partial charge is 0.135 e. The van der Waals surface area contributed by atoms with E-state index in [0.717, 1.165) is 29.6 Å². The van der Waals surface area contributed by atoms with Crippen LogP contribution in [0.15, 0.2) is 11.1 Å². The molecule has 18 heavy (non-hydrogen) atoms. The first-order valence-corrected chi connectivity index (χ1v) is 7.27. The van der Waals surface area contributed by atoms with Crippen molar-refractivity contribution in [1.29, 1.82) is 5.41 Å². The summed E-state index contributed by atoms with van der Waals surface area (Å²) in [6.07, 6.45) is 3.41. The standard InChI is InChI=1S/C13H17N3OS/c1-2-9-7-18-13(15-9)11-10(17)6-16(12(11)14)5-8-3-4-8/h7-8,14,17H,2-6H2,1H3. The summed E-state index contributed by atoms with van der Waals surface area (Å²) in [6.45, 7) is 3.44. The van der Waals surface area contributed by atoms with Gasteiger partial charge in [0.2, 0.25) is 0 Å². The second-order valence-corrected chi connectivity index (χ2v) is 5.85. The van der Waals surface area contributed by atoms with Crippen LogP contribution in [0, 0.1) is 11.3 Å². The number of aryl methyl sites for hydroxylation is 1. The first-order valence-electron chi connectivity index (χ1n) is 6.39. The molecular weight excluding hydrogens is 246 g/mol. The van der Waals surface area contributed by atoms with Gasteiger partial charge in [-0.25, -0.2) is 4.98 Å². The number of nitrogens with zero attached hydrogens (tertiary/aromatic N) is 2. The second kappa shape index (κ2) is 4.39. The molecular formula is C13H17N3OS. The van der Waals surface area contributed by atoms with Crippen LogP contribution in [0.4, 0.5) is 0 Å². The molecule has 5 heteroatoms. The zero-order chi connectivity index (χ0) is 12.7. The Bertz CT molecular complexity index is 516. The van der Waals surface area contributed by atoms with Crippen molar-refractivity contribution in [3.8, 4) is 0 Å². The highest BCUT2D eigenvalue weighted by atomic mass is 32.1. The zero-order valence-electron chi connectivity index (χ0n) is 10.4. The highest BCUT2D eigenvalue weighted by Crippen LogP contribution is 2.34. The lowest BCUT2D eigenvalue weighted by Crippen LogP contribution is -2.28. The van der Waals surface area contributed by atoms with Crippen molar-refractivity contribution in [2.24, 2.45) is 5.92 Å². The lowest BCUT2D eigenvalue weighted by molar-refractivity contribution is 0.343. The molecule has 0 amide bonds. The molecule has 96 valence electrons. The van der Waals surface area contributed by atoms with Crippen LogP contribution in [0.25, 0.3) is 5.57 Å². The molecule has 0 bridgehead atoms. The van der Waals surface area contributed by atoms with Crippen molar-refractivity contribution in [2.75, 3.05) is 13.1 Å². The Morgan fingerprint density at radius 2 is 2.33 bits per heavy atom. The average Bonchev–Trinajstić information content (AvgIpc) is 2.96. The molecule has 0 radical (unpaired) electrons. The van der Waals surface area contributed by atoms with Crippen LogP contribution in [0.1, 0.15) is 30.5 Å². The molecule has 0 spiro atoms. The Hall–Kier alpha value is -1.36. The highest BCUT2D eigenvalue weighted by molar-refractivity contribution is 7.11. The van der Waals surface area contributed by atoms with E-state index in [1.807, 2.05) is 10.3 Å². The van der Waals surface area contributed by atoms with E-state index in [-0.39, 0.29) is 0 Å². The van der Waals surface area contributed by atoms with Gasteiger partial charge in [0.1, 0.15) is 16.6 Å². The van der Waals surface area contributed by atoms with Crippen LogP contribution in [0.2, 0.25) is 0 Å². The number of aliphatic hydroxyl groups is 1. The number of nitrogens with one attached hydrogen (secondary N) is 1. The third kappa shape index (κ3) is 2.03. The first kappa shape index (κ1) is 11.7. The molecule has 1 aliphatic carbocycles. The number of aromatic nitrogens is 1. The van der Waals surface area contributed by atoms with E-state index in [0.29, 0.717) is 23.7 Å². The number of hydrogen-bond acceptors (Lipinski definition) is 4. The molecule has 2 heterocycles. The van der Waals surface area contributed by atoms with E-state index in [9.17, 15) is 5.11 Å². The maximum Gasteiger partial charge on any atom is 0.135 e. The first-order chi connectivity index (χ1) is 8.69. The second-order valence-electron chi connectivity index (χ2n) is 4.99. The summed E-state index contributed by atoms with van der Waals surface area (Å²) in [5, 5.41) is 21.0. The van der Waals surface area contributed by atoms with E-state index in [1.54, 1.807) is 0 Å². The number of amidine groups is 1. The monoisotopic (exact) mass is 263 g/mol. The van der Waals surface area contributed by atoms with E-state index >= 15 is 0 Å². The summed E-state index contributed by atoms with van der Waals surface area (Å²) in [4.78, 5) is 6.44. The lowest BCUT2D eigenvalue weighted by Gasteiger charge is -2.17. The molecule has 3 rings (SSSR count). The molecule has 0 unspecified atom stereocenters. The lowest BCUT2D eigenvalue weighted by atomic mass is 10.2. The van der Waals surface area contributed by atoms with Crippen LogP contribution in [-0.4, -0.2) is 33.9 Å². The van der Waals surface area contributed by atoms with Gasteiger partial charge >= 0.3 is 0 Å². The van der Waals surface area contributed by atoms with Crippen LogP contribution in [0.5, 0.6) is 0 Å². The van der Waals surface area contributed by atoms with Gasteiger partial charge in [-0.2, -0.15) is 0 Å². The van der Waals surface area contributed by atoms with Gasteiger partial charge < -0.3 is 10.0 Å². The topological polar surface area (TPSA) is 60.2 Å². The minimum Gasteiger partial charge on any atom is -0.510 e. The van der Waals surface area contributed by atoms with Gasteiger partial charge in [-0.05, 0) is 25.2 Å². The number of rotatable bonds is 4. The minimum absolute atomic E-state index is 0.303. The fourth-order valence-electron chi connectivity index (χ4n) is 2.21. The average molecular weight is 263 g/mol. The summed E-state index contributed by atoms with van der Waals surface area (Å²) in [6, 6.07) is 0. The number of thiazole rings is 1. The van der Waals surface area contributed by atoms with Crippen molar-refractivity contribution in [2.45, 2.75) is 26.2 Å². The minimum atomic E-state index is 0.303. The summed E-state index contributed by atoms with van der Waals surface area (Å²) < 4.78 is 0. The Morgan fingerprint density at radius 1 is 1.56 bits per heavy atom. The van der Waals surface area contributed by atoms with E-state index in [1.165, 1.54) is 24.2 Å². The molecule has 1 aromatic heterocycles. The maximum absolute atomic E-state index is 10.1. The van der Waals surface area contributed by atoms with Gasteiger partial charge in [-0.1, -0.05) is 6.92 Å². The van der Waals surface area contributed by atoms with Crippen molar-refractivity contribution >= 4 is 22.7 Å². The fraction of sp³-hybridized carbons (Fsp3) is 0.538. The normalized spacial score (nSPS) is 20.1. The Kier molecular flexibility index (Phi) is 2.86. The zero-order valence-corrected chi connectivity index (χ0v) is 11.3. The van der Waals surface area contributed by atoms with E-state index in [2.05, 4.69) is 11.9 Å². The molecule has 2 aliphatic rings. The van der Waals surface area contributed by atoms with Crippen molar-refractivity contribution in [1.82, 2.24) is 9.88 Å². The van der Waals surface area contributed by atoms with Gasteiger partial charge in [0, 0.05) is 11.9 Å². The molecule has 2 N–H and O–H groups in total. The third-order valence-electron chi connectivity index (χ3n) is 3.49. The van der Waals surface area contributed by atoms with E-state index in [4.69, 9.17) is 5.41 Å². The van der Waals surface area contributed by atoms with Crippen LogP contribution in [0.3, 0.4) is 0 Å². The van der Waals surface area contributed by atoms with Gasteiger partial charge in [-0.15, -0.1) is 11.3 Å². The van der Waals surface area contributed by atoms with Gasteiger partial charge in [0.15, 0.2) is 0 Å². The molecule has 1 aliphatic heterocycles. The number of hydrogen-bond donors (Lipinski definition) is 2. The third-order valence-corrected chi connectivity index (χ3v) is 4.39. The Morgan fingerprint density at radius 3 is 2.94 bits per heavy atom. The highest BCUT2D eigenvalue weighted by Gasteiger charge is 2.33. The maximum atomic E-state index is 10.1. The summed E-state index contributed by atoms with van der Waals surface area (Å²) in [7, 11) is 0. The van der Waals surface area contributed by atoms with Crippen LogP contribution in [-0.2, 0) is 6.42 Å². The van der Waals surface area contributed by atoms with Crippen LogP contribution < -0.4 is 0 Å². The predicted octanol–water partition coefficient (Wildman–Crippen LogP) is 2.68. The molecule has 0 aromatic carbocycles. The van der Waals surface area contributed by atoms with Gasteiger partial charge in [0.05, 0.1) is 17.8 Å². The molecule has 1 fully saturated rings. The summed E-state index contributed by atoms with van der Waals surface area (Å²) in [5.74, 6) is 1.47. The van der Waals surface area contributed by atoms with Crippen molar-refractivity contribution in [3.63, 3.8) is 0 Å². The van der Waals surface area contributed by atoms with Crippen molar-refractivity contribution < 1.29 is 5.11 Å². The Balaban J connectivity index is 1.81. The molecule has 1 aromatic rings. The number of aliphatic hydroxyl groups excluding tert-OH is 1. The Labute approximate surface area is 110 Å². The largest absolute Gasteiger partial charge is 0.510 e. The van der Waals surface area contributed by atoms with Crippen molar-refractivity contribution in [3.05, 3.63) is 21.8 Å². The molecule has 4 nitrogen and oxygen atoms in total. The van der Waals surface area contributed by atoms with E-state index < -0.39 is 0 Å². The fourth-order valence-corrected chi connectivity index (χ4v) is 3.18. The molecule has 1 saturated carbocycles. The molecule has 0 atom stereocenters. The summed E-state index contributed by atoms with van der Waals surface area (Å²) >= 11 is 1.52.